The second-order valence-corrected chi connectivity index (χ2v) is 6.85. The van der Waals surface area contributed by atoms with Gasteiger partial charge in [0.15, 0.2) is 0 Å². The summed E-state index contributed by atoms with van der Waals surface area (Å²) in [6, 6.07) is 13.9. The van der Waals surface area contributed by atoms with Crippen LogP contribution in [0.25, 0.3) is 10.8 Å². The summed E-state index contributed by atoms with van der Waals surface area (Å²) in [4.78, 5) is 33.3. The van der Waals surface area contributed by atoms with Crippen LogP contribution in [0.15, 0.2) is 58.3 Å². The first-order chi connectivity index (χ1) is 14.5. The van der Waals surface area contributed by atoms with Gasteiger partial charge < -0.3 is 15.3 Å². The highest BCUT2D eigenvalue weighted by molar-refractivity contribution is 6.02. The number of nitrogens with one attached hydrogen (secondary N) is 2. The number of nitrogens with zero attached hydrogens (tertiary/aromatic N) is 2. The Kier molecular flexibility index (Phi) is 6.98. The zero-order valence-corrected chi connectivity index (χ0v) is 17.2. The van der Waals surface area contributed by atoms with E-state index in [9.17, 15) is 14.7 Å². The summed E-state index contributed by atoms with van der Waals surface area (Å²) in [5.74, 6) is -0.353. The summed E-state index contributed by atoms with van der Waals surface area (Å²) in [6.45, 7) is 7.52. The fourth-order valence-corrected chi connectivity index (χ4v) is 3.22. The first-order valence-corrected chi connectivity index (χ1v) is 10.0. The number of carbonyl (C=O) groups excluding carboxylic acids is 1. The molecule has 0 fully saturated rings. The van der Waals surface area contributed by atoms with E-state index in [1.807, 2.05) is 0 Å². The molecule has 0 saturated heterocycles. The van der Waals surface area contributed by atoms with Crippen LogP contribution in [-0.2, 0) is 0 Å². The second kappa shape index (κ2) is 9.84. The van der Waals surface area contributed by atoms with Crippen molar-refractivity contribution in [3.05, 3.63) is 70.0 Å². The summed E-state index contributed by atoms with van der Waals surface area (Å²) in [7, 11) is 0. The van der Waals surface area contributed by atoms with Gasteiger partial charge in [0.2, 0.25) is 5.88 Å². The molecule has 1 aromatic heterocycles. The molecule has 7 heteroatoms. The van der Waals surface area contributed by atoms with Gasteiger partial charge in [-0.15, -0.1) is 0 Å². The lowest BCUT2D eigenvalue weighted by molar-refractivity contribution is 0.0949. The molecule has 3 N–H and O–H groups in total. The van der Waals surface area contributed by atoms with Crippen LogP contribution >= 0.6 is 0 Å². The maximum atomic E-state index is 12.3. The highest BCUT2D eigenvalue weighted by Crippen LogP contribution is 2.21. The van der Waals surface area contributed by atoms with Crippen molar-refractivity contribution < 1.29 is 9.90 Å². The molecule has 3 rings (SSSR count). The Balaban J connectivity index is 1.71. The van der Waals surface area contributed by atoms with Crippen LogP contribution in [-0.4, -0.2) is 53.3 Å². The monoisotopic (exact) mass is 406 g/mol. The van der Waals surface area contributed by atoms with Gasteiger partial charge in [-0.3, -0.25) is 19.6 Å². The predicted octanol–water partition coefficient (Wildman–Crippen LogP) is 3.06. The average Bonchev–Trinajstić information content (AvgIpc) is 2.77. The van der Waals surface area contributed by atoms with E-state index in [0.717, 1.165) is 19.6 Å². The molecular formula is C23H26N4O3. The van der Waals surface area contributed by atoms with Gasteiger partial charge in [-0.25, -0.2) is 0 Å². The largest absolute Gasteiger partial charge is 0.494 e. The van der Waals surface area contributed by atoms with Gasteiger partial charge in [-0.1, -0.05) is 32.0 Å². The van der Waals surface area contributed by atoms with Crippen LogP contribution in [0.2, 0.25) is 0 Å². The number of benzene rings is 2. The summed E-state index contributed by atoms with van der Waals surface area (Å²) in [5.41, 5.74) is 1.27. The van der Waals surface area contributed by atoms with Crippen molar-refractivity contribution in [2.45, 2.75) is 13.8 Å². The van der Waals surface area contributed by atoms with Crippen LogP contribution < -0.4 is 10.9 Å². The van der Waals surface area contributed by atoms with Crippen molar-refractivity contribution >= 4 is 28.6 Å². The number of amides is 1. The zero-order valence-electron chi connectivity index (χ0n) is 17.2. The van der Waals surface area contributed by atoms with Gasteiger partial charge in [-0.05, 0) is 43.4 Å². The van der Waals surface area contributed by atoms with E-state index >= 15 is 0 Å². The molecule has 2 aromatic carbocycles. The number of H-pyrrole nitrogens is 1. The normalized spacial score (nSPS) is 11.4. The smallest absolute Gasteiger partial charge is 0.258 e. The number of carbonyl (C=O) groups is 1. The van der Waals surface area contributed by atoms with E-state index in [1.165, 1.54) is 6.21 Å². The molecule has 30 heavy (non-hydrogen) atoms. The third-order valence-corrected chi connectivity index (χ3v) is 5.03. The maximum absolute atomic E-state index is 12.3. The van der Waals surface area contributed by atoms with E-state index < -0.39 is 0 Å². The highest BCUT2D eigenvalue weighted by Gasteiger charge is 2.09. The maximum Gasteiger partial charge on any atom is 0.258 e. The lowest BCUT2D eigenvalue weighted by atomic mass is 10.1. The average molecular weight is 406 g/mol. The Morgan fingerprint density at radius 3 is 2.43 bits per heavy atom. The minimum absolute atomic E-state index is 0.123. The zero-order chi connectivity index (χ0) is 21.5. The molecule has 0 radical (unpaired) electrons. The molecule has 0 saturated carbocycles. The van der Waals surface area contributed by atoms with Crippen LogP contribution in [0.1, 0.15) is 29.8 Å². The number of aliphatic imine (C=N–C) groups is 1. The van der Waals surface area contributed by atoms with E-state index in [2.05, 4.69) is 34.0 Å². The first kappa shape index (κ1) is 21.3. The minimum atomic E-state index is -0.350. The SMILES string of the molecule is CCN(CC)CCNC(=O)c1ccc(N=Cc2c(O)[nH]c(=O)c3ccccc23)cc1. The number of aromatic amines is 1. The molecule has 156 valence electrons. The number of hydrogen-bond donors (Lipinski definition) is 3. The summed E-state index contributed by atoms with van der Waals surface area (Å²) < 4.78 is 0. The van der Waals surface area contributed by atoms with E-state index in [-0.39, 0.29) is 17.3 Å². The fraction of sp³-hybridized carbons (Fsp3) is 0.261. The van der Waals surface area contributed by atoms with Gasteiger partial charge in [0.1, 0.15) is 0 Å². The molecule has 7 nitrogen and oxygen atoms in total. The number of fused-ring (bicyclic) bond motifs is 1. The van der Waals surface area contributed by atoms with Crippen molar-refractivity contribution in [1.82, 2.24) is 15.2 Å². The van der Waals surface area contributed by atoms with Crippen molar-refractivity contribution in [2.75, 3.05) is 26.2 Å². The molecule has 3 aromatic rings. The molecule has 0 aliphatic heterocycles. The fourth-order valence-electron chi connectivity index (χ4n) is 3.22. The van der Waals surface area contributed by atoms with Crippen LogP contribution in [0.4, 0.5) is 5.69 Å². The molecule has 0 aliphatic rings. The third-order valence-electron chi connectivity index (χ3n) is 5.03. The number of aromatic hydroxyl groups is 1. The molecule has 1 heterocycles. The number of aromatic nitrogens is 1. The Morgan fingerprint density at radius 2 is 1.77 bits per heavy atom. The van der Waals surface area contributed by atoms with Crippen LogP contribution in [0.3, 0.4) is 0 Å². The lowest BCUT2D eigenvalue weighted by Crippen LogP contribution is -2.34. The standard InChI is InChI=1S/C23H26N4O3/c1-3-27(4-2)14-13-24-21(28)16-9-11-17(12-10-16)25-15-20-18-7-5-6-8-19(18)22(29)26-23(20)30/h5-12,15H,3-4,13-14H2,1-2H3,(H,24,28)(H2,26,29,30). The van der Waals surface area contributed by atoms with Crippen molar-refractivity contribution in [3.63, 3.8) is 0 Å². The van der Waals surface area contributed by atoms with Gasteiger partial charge in [0.25, 0.3) is 11.5 Å². The number of rotatable bonds is 8. The molecule has 1 amide bonds. The highest BCUT2D eigenvalue weighted by atomic mass is 16.3. The van der Waals surface area contributed by atoms with Crippen molar-refractivity contribution in [1.29, 1.82) is 0 Å². The topological polar surface area (TPSA) is 97.8 Å². The number of hydrogen-bond acceptors (Lipinski definition) is 5. The molecule has 0 unspecified atom stereocenters. The Hall–Kier alpha value is -3.45. The Labute approximate surface area is 175 Å². The Morgan fingerprint density at radius 1 is 1.10 bits per heavy atom. The third kappa shape index (κ3) is 4.93. The van der Waals surface area contributed by atoms with Crippen LogP contribution in [0.5, 0.6) is 5.88 Å². The van der Waals surface area contributed by atoms with E-state index in [1.54, 1.807) is 48.5 Å². The quantitative estimate of drug-likeness (QED) is 0.501. The number of pyridine rings is 1. The lowest BCUT2D eigenvalue weighted by Gasteiger charge is -2.17. The molecular weight excluding hydrogens is 380 g/mol. The van der Waals surface area contributed by atoms with E-state index in [0.29, 0.717) is 34.1 Å². The molecule has 0 atom stereocenters. The van der Waals surface area contributed by atoms with Gasteiger partial charge in [-0.2, -0.15) is 0 Å². The van der Waals surface area contributed by atoms with E-state index in [4.69, 9.17) is 0 Å². The predicted molar refractivity (Wildman–Crippen MR) is 120 cm³/mol. The second-order valence-electron chi connectivity index (χ2n) is 6.85. The van der Waals surface area contributed by atoms with Crippen LogP contribution in [0, 0.1) is 0 Å². The van der Waals surface area contributed by atoms with Crippen molar-refractivity contribution in [2.24, 2.45) is 4.99 Å². The van der Waals surface area contributed by atoms with Gasteiger partial charge in [0.05, 0.1) is 11.3 Å². The molecule has 0 aliphatic carbocycles. The van der Waals surface area contributed by atoms with Gasteiger partial charge >= 0.3 is 0 Å². The Bertz CT molecular complexity index is 1100. The minimum Gasteiger partial charge on any atom is -0.494 e. The summed E-state index contributed by atoms with van der Waals surface area (Å²) in [5, 5.41) is 14.2. The molecule has 0 spiro atoms. The summed E-state index contributed by atoms with van der Waals surface area (Å²) >= 11 is 0. The van der Waals surface area contributed by atoms with Crippen molar-refractivity contribution in [3.8, 4) is 5.88 Å². The number of likely N-dealkylation sites (N-methyl/N-ethyl adjacent to an activating group) is 1. The molecule has 0 bridgehead atoms. The summed E-state index contributed by atoms with van der Waals surface area (Å²) in [6.07, 6.45) is 1.51. The first-order valence-electron chi connectivity index (χ1n) is 10.0. The van der Waals surface area contributed by atoms with Gasteiger partial charge in [0, 0.05) is 35.6 Å².